The van der Waals surface area contributed by atoms with Crippen LogP contribution < -0.4 is 5.73 Å². The van der Waals surface area contributed by atoms with E-state index in [1.165, 1.54) is 7.11 Å². The molecule has 0 heterocycles. The van der Waals surface area contributed by atoms with E-state index in [0.29, 0.717) is 12.8 Å². The van der Waals surface area contributed by atoms with Crippen molar-refractivity contribution in [3.05, 3.63) is 0 Å². The van der Waals surface area contributed by atoms with Crippen LogP contribution in [0.2, 0.25) is 0 Å². The Kier molecular flexibility index (Phi) is 5.66. The number of unbranched alkanes of at least 4 members (excludes halogenated alkanes) is 1. The molecule has 0 aliphatic carbocycles. The summed E-state index contributed by atoms with van der Waals surface area (Å²) in [6.07, 6.45) is 2.16. The predicted octanol–water partition coefficient (Wildman–Crippen LogP) is 0.287. The zero-order valence-corrected chi connectivity index (χ0v) is 8.38. The largest absolute Gasteiger partial charge is 0.469 e. The third kappa shape index (κ3) is 3.74. The Balaban J connectivity index is 4.03. The van der Waals surface area contributed by atoms with Crippen molar-refractivity contribution in [2.24, 2.45) is 11.1 Å². The van der Waals surface area contributed by atoms with Crippen molar-refractivity contribution < 1.29 is 14.6 Å². The molecule has 1 atom stereocenters. The fourth-order valence-corrected chi connectivity index (χ4v) is 1.16. The molecule has 78 valence electrons. The number of carbonyl (C=O) groups is 1. The predicted molar refractivity (Wildman–Crippen MR) is 50.1 cm³/mol. The lowest BCUT2D eigenvalue weighted by atomic mass is 9.85. The summed E-state index contributed by atoms with van der Waals surface area (Å²) in [7, 11) is 1.36. The molecule has 0 spiro atoms. The number of aliphatic hydroxyl groups is 1. The first-order chi connectivity index (χ1) is 6.10. The Hall–Kier alpha value is -0.610. The van der Waals surface area contributed by atoms with Gasteiger partial charge in [0, 0.05) is 13.2 Å². The minimum atomic E-state index is -0.593. The van der Waals surface area contributed by atoms with Crippen LogP contribution in [0.25, 0.3) is 0 Å². The van der Waals surface area contributed by atoms with E-state index in [9.17, 15) is 4.79 Å². The molecule has 0 aliphatic heterocycles. The Morgan fingerprint density at radius 2 is 2.15 bits per heavy atom. The molecule has 4 nitrogen and oxygen atoms in total. The fourth-order valence-electron chi connectivity index (χ4n) is 1.16. The van der Waals surface area contributed by atoms with Gasteiger partial charge in [0.1, 0.15) is 0 Å². The number of nitrogens with two attached hydrogens (primary N) is 1. The lowest BCUT2D eigenvalue weighted by Gasteiger charge is -2.24. The summed E-state index contributed by atoms with van der Waals surface area (Å²) in [6, 6.07) is 0. The van der Waals surface area contributed by atoms with Crippen LogP contribution in [0, 0.1) is 5.41 Å². The number of hydrogen-bond donors (Lipinski definition) is 2. The van der Waals surface area contributed by atoms with Crippen molar-refractivity contribution in [3.8, 4) is 0 Å². The quantitative estimate of drug-likeness (QED) is 0.465. The third-order valence-electron chi connectivity index (χ3n) is 2.27. The number of ether oxygens (including phenoxy) is 1. The zero-order chi connectivity index (χ0) is 10.3. The molecule has 0 aromatic heterocycles. The highest BCUT2D eigenvalue weighted by atomic mass is 16.5. The maximum absolute atomic E-state index is 11.3. The molecule has 0 saturated heterocycles. The van der Waals surface area contributed by atoms with Crippen molar-refractivity contribution in [1.82, 2.24) is 0 Å². The fraction of sp³-hybridized carbons (Fsp3) is 0.889. The van der Waals surface area contributed by atoms with Gasteiger partial charge in [0.2, 0.25) is 0 Å². The van der Waals surface area contributed by atoms with Crippen molar-refractivity contribution in [2.75, 3.05) is 20.3 Å². The molecule has 0 bridgehead atoms. The SMILES string of the molecule is COC(=O)C(C)(CN)CCCCO. The molecule has 0 rings (SSSR count). The topological polar surface area (TPSA) is 72.5 Å². The molecule has 0 radical (unpaired) electrons. The van der Waals surface area contributed by atoms with E-state index in [-0.39, 0.29) is 19.1 Å². The van der Waals surface area contributed by atoms with Gasteiger partial charge in [-0.2, -0.15) is 0 Å². The first-order valence-corrected chi connectivity index (χ1v) is 4.50. The van der Waals surface area contributed by atoms with E-state index in [2.05, 4.69) is 4.74 Å². The summed E-state index contributed by atoms with van der Waals surface area (Å²) in [5, 5.41) is 8.58. The average Bonchev–Trinajstić information content (AvgIpc) is 2.16. The molecule has 3 N–H and O–H groups in total. The Morgan fingerprint density at radius 1 is 1.54 bits per heavy atom. The first-order valence-electron chi connectivity index (χ1n) is 4.50. The van der Waals surface area contributed by atoms with Gasteiger partial charge in [-0.3, -0.25) is 4.79 Å². The number of esters is 1. The van der Waals surface area contributed by atoms with Gasteiger partial charge < -0.3 is 15.6 Å². The van der Waals surface area contributed by atoms with Gasteiger partial charge in [-0.25, -0.2) is 0 Å². The van der Waals surface area contributed by atoms with E-state index in [0.717, 1.165) is 6.42 Å². The van der Waals surface area contributed by atoms with Crippen LogP contribution in [0.3, 0.4) is 0 Å². The van der Waals surface area contributed by atoms with Crippen molar-refractivity contribution >= 4 is 5.97 Å². The molecular weight excluding hydrogens is 170 g/mol. The monoisotopic (exact) mass is 189 g/mol. The van der Waals surface area contributed by atoms with Gasteiger partial charge in [0.25, 0.3) is 0 Å². The standard InChI is InChI=1S/C9H19NO3/c1-9(7-10,8(12)13-2)5-3-4-6-11/h11H,3-7,10H2,1-2H3. The van der Waals surface area contributed by atoms with E-state index < -0.39 is 5.41 Å². The molecule has 0 aromatic carbocycles. The normalized spacial score (nSPS) is 15.1. The van der Waals surface area contributed by atoms with Crippen LogP contribution in [-0.2, 0) is 9.53 Å². The minimum absolute atomic E-state index is 0.155. The van der Waals surface area contributed by atoms with Crippen LogP contribution in [0.15, 0.2) is 0 Å². The van der Waals surface area contributed by atoms with Gasteiger partial charge in [0.05, 0.1) is 12.5 Å². The highest BCUT2D eigenvalue weighted by Crippen LogP contribution is 2.24. The van der Waals surface area contributed by atoms with Crippen LogP contribution in [0.4, 0.5) is 0 Å². The minimum Gasteiger partial charge on any atom is -0.469 e. The van der Waals surface area contributed by atoms with Crippen molar-refractivity contribution in [1.29, 1.82) is 0 Å². The maximum atomic E-state index is 11.3. The number of aliphatic hydroxyl groups excluding tert-OH is 1. The molecular formula is C9H19NO3. The molecule has 0 aliphatic rings. The maximum Gasteiger partial charge on any atom is 0.312 e. The van der Waals surface area contributed by atoms with Gasteiger partial charge in [-0.1, -0.05) is 0 Å². The average molecular weight is 189 g/mol. The second-order valence-electron chi connectivity index (χ2n) is 3.44. The van der Waals surface area contributed by atoms with Gasteiger partial charge in [-0.15, -0.1) is 0 Å². The first kappa shape index (κ1) is 12.4. The molecule has 4 heteroatoms. The molecule has 0 fully saturated rings. The van der Waals surface area contributed by atoms with Crippen LogP contribution >= 0.6 is 0 Å². The second kappa shape index (κ2) is 5.94. The summed E-state index contributed by atoms with van der Waals surface area (Å²) < 4.78 is 4.66. The number of methoxy groups -OCH3 is 1. The molecule has 13 heavy (non-hydrogen) atoms. The Morgan fingerprint density at radius 3 is 2.54 bits per heavy atom. The smallest absolute Gasteiger partial charge is 0.312 e. The highest BCUT2D eigenvalue weighted by Gasteiger charge is 2.31. The van der Waals surface area contributed by atoms with Gasteiger partial charge in [0.15, 0.2) is 0 Å². The molecule has 0 saturated carbocycles. The summed E-state index contributed by atoms with van der Waals surface area (Å²) in [5.74, 6) is -0.270. The zero-order valence-electron chi connectivity index (χ0n) is 8.38. The summed E-state index contributed by atoms with van der Waals surface area (Å²) in [6.45, 7) is 2.23. The van der Waals surface area contributed by atoms with Gasteiger partial charge >= 0.3 is 5.97 Å². The van der Waals surface area contributed by atoms with Crippen LogP contribution in [0.1, 0.15) is 26.2 Å². The lowest BCUT2D eigenvalue weighted by molar-refractivity contribution is -0.151. The Labute approximate surface area is 79.1 Å². The number of carbonyl (C=O) groups excluding carboxylic acids is 1. The number of rotatable bonds is 6. The summed E-state index contributed by atoms with van der Waals surface area (Å²) in [5.41, 5.74) is 4.91. The van der Waals surface area contributed by atoms with Crippen molar-refractivity contribution in [3.63, 3.8) is 0 Å². The van der Waals surface area contributed by atoms with Crippen LogP contribution in [-0.4, -0.2) is 31.3 Å². The molecule has 1 unspecified atom stereocenters. The van der Waals surface area contributed by atoms with E-state index in [1.807, 2.05) is 0 Å². The van der Waals surface area contributed by atoms with E-state index >= 15 is 0 Å². The summed E-state index contributed by atoms with van der Waals surface area (Å²) >= 11 is 0. The lowest BCUT2D eigenvalue weighted by Crippen LogP contribution is -2.36. The summed E-state index contributed by atoms with van der Waals surface area (Å²) in [4.78, 5) is 11.3. The van der Waals surface area contributed by atoms with Gasteiger partial charge in [-0.05, 0) is 26.2 Å². The molecule has 0 aromatic rings. The van der Waals surface area contributed by atoms with Crippen molar-refractivity contribution in [2.45, 2.75) is 26.2 Å². The van der Waals surface area contributed by atoms with E-state index in [4.69, 9.17) is 10.8 Å². The van der Waals surface area contributed by atoms with E-state index in [1.54, 1.807) is 6.92 Å². The Bertz CT molecular complexity index is 161. The third-order valence-corrected chi connectivity index (χ3v) is 2.27. The second-order valence-corrected chi connectivity index (χ2v) is 3.44. The molecule has 0 amide bonds. The highest BCUT2D eigenvalue weighted by molar-refractivity contribution is 5.76. The van der Waals surface area contributed by atoms with Crippen LogP contribution in [0.5, 0.6) is 0 Å². The number of hydrogen-bond acceptors (Lipinski definition) is 4.